The molecule has 0 saturated heterocycles. The molecule has 25 heavy (non-hydrogen) atoms. The van der Waals surface area contributed by atoms with Gasteiger partial charge in [0.15, 0.2) is 0 Å². The van der Waals surface area contributed by atoms with E-state index in [2.05, 4.69) is 5.32 Å². The molecule has 1 N–H and O–H groups in total. The molecule has 0 radical (unpaired) electrons. The lowest BCUT2D eigenvalue weighted by Crippen LogP contribution is -2.38. The zero-order valence-corrected chi connectivity index (χ0v) is 15.4. The molecule has 2 aromatic carbocycles. The molecule has 1 aliphatic rings. The van der Waals surface area contributed by atoms with Gasteiger partial charge in [0, 0.05) is 33.9 Å². The van der Waals surface area contributed by atoms with Crippen LogP contribution in [0.3, 0.4) is 0 Å². The van der Waals surface area contributed by atoms with E-state index in [-0.39, 0.29) is 11.8 Å². The average Bonchev–Trinajstić information content (AvgIpc) is 2.96. The van der Waals surface area contributed by atoms with Gasteiger partial charge in [-0.25, -0.2) is 0 Å². The van der Waals surface area contributed by atoms with Gasteiger partial charge in [-0.3, -0.25) is 9.59 Å². The van der Waals surface area contributed by atoms with Gasteiger partial charge in [-0.05, 0) is 42.3 Å². The smallest absolute Gasteiger partial charge is 0.255 e. The van der Waals surface area contributed by atoms with Crippen molar-refractivity contribution in [2.75, 3.05) is 16.8 Å². The second-order valence-corrected chi connectivity index (χ2v) is 7.70. The first-order valence-electron chi connectivity index (χ1n) is 8.27. The zero-order chi connectivity index (χ0) is 18.2. The van der Waals surface area contributed by atoms with Crippen molar-refractivity contribution < 1.29 is 9.59 Å². The molecule has 0 spiro atoms. The minimum Gasteiger partial charge on any atom is -0.322 e. The number of hydrogen-bond donors (Lipinski definition) is 1. The molecule has 4 nitrogen and oxygen atoms in total. The van der Waals surface area contributed by atoms with E-state index < -0.39 is 5.41 Å². The van der Waals surface area contributed by atoms with Gasteiger partial charge in [-0.2, -0.15) is 0 Å². The molecule has 3 rings (SSSR count). The van der Waals surface area contributed by atoms with E-state index in [0.717, 1.165) is 17.7 Å². The Morgan fingerprint density at radius 1 is 1.12 bits per heavy atom. The van der Waals surface area contributed by atoms with Crippen LogP contribution in [0.15, 0.2) is 42.5 Å². The van der Waals surface area contributed by atoms with Crippen LogP contribution in [-0.2, 0) is 11.2 Å². The zero-order valence-electron chi connectivity index (χ0n) is 14.6. The predicted octanol–water partition coefficient (Wildman–Crippen LogP) is 4.53. The number of benzene rings is 2. The number of carbonyl (C=O) groups is 2. The maximum Gasteiger partial charge on any atom is 0.255 e. The second kappa shape index (κ2) is 6.52. The number of amides is 2. The number of halogens is 1. The van der Waals surface area contributed by atoms with E-state index >= 15 is 0 Å². The molecule has 130 valence electrons. The second-order valence-electron chi connectivity index (χ2n) is 7.26. The summed E-state index contributed by atoms with van der Waals surface area (Å²) in [7, 11) is 0. The third-order valence-electron chi connectivity index (χ3n) is 4.21. The van der Waals surface area contributed by atoms with Crippen molar-refractivity contribution in [2.24, 2.45) is 5.41 Å². The van der Waals surface area contributed by atoms with Gasteiger partial charge in [0.2, 0.25) is 5.91 Å². The molecule has 5 heteroatoms. The number of anilines is 2. The fourth-order valence-electron chi connectivity index (χ4n) is 2.91. The van der Waals surface area contributed by atoms with E-state index in [9.17, 15) is 9.59 Å². The lowest BCUT2D eigenvalue weighted by Gasteiger charge is -2.26. The number of rotatable bonds is 2. The van der Waals surface area contributed by atoms with Crippen LogP contribution in [0.2, 0.25) is 5.02 Å². The normalized spacial score (nSPS) is 13.5. The highest BCUT2D eigenvalue weighted by atomic mass is 35.5. The summed E-state index contributed by atoms with van der Waals surface area (Å²) in [6.07, 6.45) is 0.833. The topological polar surface area (TPSA) is 49.4 Å². The number of fused-ring (bicyclic) bond motifs is 1. The van der Waals surface area contributed by atoms with Gasteiger partial charge in [0.1, 0.15) is 0 Å². The lowest BCUT2D eigenvalue weighted by molar-refractivity contribution is -0.125. The van der Waals surface area contributed by atoms with Gasteiger partial charge in [0.25, 0.3) is 5.91 Å². The lowest BCUT2D eigenvalue weighted by atomic mass is 9.94. The SMILES string of the molecule is CC(C)(C)C(=O)N1CCc2ccc(NC(=O)c3cccc(Cl)c3)cc21. The van der Waals surface area contributed by atoms with Crippen LogP contribution in [0.4, 0.5) is 11.4 Å². The predicted molar refractivity (Wildman–Crippen MR) is 101 cm³/mol. The number of hydrogen-bond acceptors (Lipinski definition) is 2. The third-order valence-corrected chi connectivity index (χ3v) is 4.45. The maximum atomic E-state index is 12.6. The first-order valence-corrected chi connectivity index (χ1v) is 8.65. The first kappa shape index (κ1) is 17.5. The Labute approximate surface area is 152 Å². The molecule has 0 unspecified atom stereocenters. The van der Waals surface area contributed by atoms with Crippen molar-refractivity contribution in [2.45, 2.75) is 27.2 Å². The Bertz CT molecular complexity index is 840. The van der Waals surface area contributed by atoms with Crippen LogP contribution in [0.1, 0.15) is 36.7 Å². The quantitative estimate of drug-likeness (QED) is 0.859. The number of carbonyl (C=O) groups excluding carboxylic acids is 2. The summed E-state index contributed by atoms with van der Waals surface area (Å²) in [6.45, 7) is 6.42. The maximum absolute atomic E-state index is 12.6. The van der Waals surface area contributed by atoms with Crippen LogP contribution in [0, 0.1) is 5.41 Å². The summed E-state index contributed by atoms with van der Waals surface area (Å²) in [5, 5.41) is 3.39. The Morgan fingerprint density at radius 3 is 2.56 bits per heavy atom. The van der Waals surface area contributed by atoms with Crippen LogP contribution >= 0.6 is 11.6 Å². The van der Waals surface area contributed by atoms with Crippen LogP contribution in [0.5, 0.6) is 0 Å². The van der Waals surface area contributed by atoms with Crippen molar-refractivity contribution >= 4 is 34.8 Å². The van der Waals surface area contributed by atoms with Crippen LogP contribution in [0.25, 0.3) is 0 Å². The monoisotopic (exact) mass is 356 g/mol. The van der Waals surface area contributed by atoms with Gasteiger partial charge in [-0.15, -0.1) is 0 Å². The summed E-state index contributed by atoms with van der Waals surface area (Å²) < 4.78 is 0. The highest BCUT2D eigenvalue weighted by Crippen LogP contribution is 2.34. The van der Waals surface area contributed by atoms with Crippen LogP contribution in [-0.4, -0.2) is 18.4 Å². The van der Waals surface area contributed by atoms with Gasteiger partial charge in [0.05, 0.1) is 0 Å². The molecular weight excluding hydrogens is 336 g/mol. The Morgan fingerprint density at radius 2 is 1.88 bits per heavy atom. The largest absolute Gasteiger partial charge is 0.322 e. The summed E-state index contributed by atoms with van der Waals surface area (Å²) >= 11 is 5.94. The van der Waals surface area contributed by atoms with Crippen molar-refractivity contribution in [3.05, 3.63) is 58.6 Å². The van der Waals surface area contributed by atoms with E-state index in [1.54, 1.807) is 24.3 Å². The Kier molecular flexibility index (Phi) is 4.56. The first-order chi connectivity index (χ1) is 11.8. The van der Waals surface area contributed by atoms with Gasteiger partial charge in [-0.1, -0.05) is 44.5 Å². The fraction of sp³-hybridized carbons (Fsp3) is 0.300. The molecule has 1 aliphatic heterocycles. The van der Waals surface area contributed by atoms with Crippen molar-refractivity contribution in [1.29, 1.82) is 0 Å². The molecule has 2 aromatic rings. The van der Waals surface area contributed by atoms with Crippen molar-refractivity contribution in [3.63, 3.8) is 0 Å². The van der Waals surface area contributed by atoms with Gasteiger partial charge < -0.3 is 10.2 Å². The summed E-state index contributed by atoms with van der Waals surface area (Å²) in [5.41, 5.74) is 2.72. The summed E-state index contributed by atoms with van der Waals surface area (Å²) in [4.78, 5) is 26.8. The van der Waals surface area contributed by atoms with Crippen molar-refractivity contribution in [3.8, 4) is 0 Å². The highest BCUT2D eigenvalue weighted by Gasteiger charge is 2.32. The van der Waals surface area contributed by atoms with Crippen LogP contribution < -0.4 is 10.2 Å². The molecule has 0 aliphatic carbocycles. The fourth-order valence-corrected chi connectivity index (χ4v) is 3.10. The number of nitrogens with zero attached hydrogens (tertiary/aromatic N) is 1. The molecule has 2 amide bonds. The average molecular weight is 357 g/mol. The molecular formula is C20H21ClN2O2. The molecule has 1 heterocycles. The molecule has 0 saturated carbocycles. The summed E-state index contributed by atoms with van der Waals surface area (Å²) in [6, 6.07) is 12.5. The molecule has 0 aromatic heterocycles. The highest BCUT2D eigenvalue weighted by molar-refractivity contribution is 6.31. The molecule has 0 atom stereocenters. The molecule has 0 fully saturated rings. The minimum absolute atomic E-state index is 0.0876. The van der Waals surface area contributed by atoms with Crippen molar-refractivity contribution in [1.82, 2.24) is 0 Å². The minimum atomic E-state index is -0.443. The van der Waals surface area contributed by atoms with E-state index in [1.165, 1.54) is 0 Å². The Hall–Kier alpha value is -2.33. The Balaban J connectivity index is 1.84. The summed E-state index contributed by atoms with van der Waals surface area (Å²) in [5.74, 6) is -0.140. The number of nitrogens with one attached hydrogen (secondary N) is 1. The van der Waals surface area contributed by atoms with E-state index in [0.29, 0.717) is 22.8 Å². The molecule has 0 bridgehead atoms. The standard InChI is InChI=1S/C20H21ClN2O2/c1-20(2,3)19(25)23-10-9-13-7-8-16(12-17(13)23)22-18(24)14-5-4-6-15(21)11-14/h4-8,11-12H,9-10H2,1-3H3,(H,22,24). The van der Waals surface area contributed by atoms with Gasteiger partial charge >= 0.3 is 0 Å². The third kappa shape index (κ3) is 3.69. The van der Waals surface area contributed by atoms with E-state index in [1.807, 2.05) is 43.9 Å². The van der Waals surface area contributed by atoms with E-state index in [4.69, 9.17) is 11.6 Å².